The van der Waals surface area contributed by atoms with Gasteiger partial charge in [0.1, 0.15) is 17.5 Å². The maximum atomic E-state index is 14.2. The van der Waals surface area contributed by atoms with Crippen LogP contribution in [0.2, 0.25) is 0 Å². The Kier molecular flexibility index (Phi) is 4.87. The molecule has 3 aromatic rings. The third kappa shape index (κ3) is 3.80. The molecule has 136 valence electrons. The van der Waals surface area contributed by atoms with E-state index in [1.807, 2.05) is 51.1 Å². The highest BCUT2D eigenvalue weighted by atomic mass is 19.1. The predicted molar refractivity (Wildman–Crippen MR) is 97.3 cm³/mol. The summed E-state index contributed by atoms with van der Waals surface area (Å²) < 4.78 is 29.4. The summed E-state index contributed by atoms with van der Waals surface area (Å²) in [5, 5.41) is 4.43. The molecule has 0 unspecified atom stereocenters. The first-order valence-electron chi connectivity index (χ1n) is 8.45. The van der Waals surface area contributed by atoms with Crippen molar-refractivity contribution >= 4 is 0 Å². The van der Waals surface area contributed by atoms with Gasteiger partial charge in [0.2, 0.25) is 0 Å². The van der Waals surface area contributed by atoms with E-state index < -0.39 is 17.7 Å². The van der Waals surface area contributed by atoms with Gasteiger partial charge in [0, 0.05) is 0 Å². The van der Waals surface area contributed by atoms with E-state index in [4.69, 9.17) is 5.73 Å². The van der Waals surface area contributed by atoms with Gasteiger partial charge < -0.3 is 5.73 Å². The SMILES string of the molecule is CC(C)(C)[C@@H](N)c1nc(-c2cc(F)ccc2F)nn1Cc1ccccc1. The number of hydrogen-bond donors (Lipinski definition) is 1. The molecule has 0 aliphatic carbocycles. The molecule has 0 radical (unpaired) electrons. The number of nitrogens with two attached hydrogens (primary N) is 1. The van der Waals surface area contributed by atoms with E-state index in [9.17, 15) is 8.78 Å². The summed E-state index contributed by atoms with van der Waals surface area (Å²) in [6.07, 6.45) is 0. The van der Waals surface area contributed by atoms with Crippen molar-refractivity contribution in [3.05, 3.63) is 71.6 Å². The van der Waals surface area contributed by atoms with Crippen LogP contribution in [0.5, 0.6) is 0 Å². The van der Waals surface area contributed by atoms with E-state index in [2.05, 4.69) is 10.1 Å². The third-order valence-electron chi connectivity index (χ3n) is 4.26. The number of benzene rings is 2. The third-order valence-corrected chi connectivity index (χ3v) is 4.26. The zero-order valence-electron chi connectivity index (χ0n) is 15.1. The van der Waals surface area contributed by atoms with E-state index >= 15 is 0 Å². The van der Waals surface area contributed by atoms with Gasteiger partial charge in [-0.2, -0.15) is 5.10 Å². The fourth-order valence-corrected chi connectivity index (χ4v) is 2.63. The second kappa shape index (κ2) is 6.96. The number of rotatable bonds is 4. The molecule has 6 heteroatoms. The fraction of sp³-hybridized carbons (Fsp3) is 0.300. The van der Waals surface area contributed by atoms with Gasteiger partial charge in [-0.15, -0.1) is 0 Å². The molecule has 26 heavy (non-hydrogen) atoms. The molecule has 2 aromatic carbocycles. The van der Waals surface area contributed by atoms with Crippen LogP contribution in [-0.2, 0) is 6.54 Å². The van der Waals surface area contributed by atoms with E-state index in [0.29, 0.717) is 12.4 Å². The molecule has 1 atom stereocenters. The molecule has 2 N–H and O–H groups in total. The van der Waals surface area contributed by atoms with Crippen molar-refractivity contribution in [3.63, 3.8) is 0 Å². The minimum atomic E-state index is -0.570. The Hall–Kier alpha value is -2.60. The fourth-order valence-electron chi connectivity index (χ4n) is 2.63. The van der Waals surface area contributed by atoms with Gasteiger partial charge in [0.25, 0.3) is 0 Å². The van der Waals surface area contributed by atoms with E-state index in [1.165, 1.54) is 0 Å². The molecule has 0 bridgehead atoms. The molecule has 0 spiro atoms. The van der Waals surface area contributed by atoms with Gasteiger partial charge in [-0.3, -0.25) is 0 Å². The first kappa shape index (κ1) is 18.2. The molecular formula is C20H22F2N4. The van der Waals surface area contributed by atoms with E-state index in [0.717, 1.165) is 23.8 Å². The minimum absolute atomic E-state index is 0.0270. The van der Waals surface area contributed by atoms with Crippen LogP contribution in [0.1, 0.15) is 38.2 Å². The lowest BCUT2D eigenvalue weighted by atomic mass is 9.87. The van der Waals surface area contributed by atoms with Crippen molar-refractivity contribution in [3.8, 4) is 11.4 Å². The van der Waals surface area contributed by atoms with Crippen LogP contribution in [0.25, 0.3) is 11.4 Å². The average molecular weight is 356 g/mol. The summed E-state index contributed by atoms with van der Waals surface area (Å²) >= 11 is 0. The maximum absolute atomic E-state index is 14.2. The molecule has 0 fully saturated rings. The largest absolute Gasteiger partial charge is 0.321 e. The quantitative estimate of drug-likeness (QED) is 0.757. The monoisotopic (exact) mass is 356 g/mol. The first-order valence-corrected chi connectivity index (χ1v) is 8.45. The lowest BCUT2D eigenvalue weighted by molar-refractivity contribution is 0.306. The number of aromatic nitrogens is 3. The Morgan fingerprint density at radius 2 is 1.77 bits per heavy atom. The minimum Gasteiger partial charge on any atom is -0.321 e. The Bertz CT molecular complexity index is 898. The lowest BCUT2D eigenvalue weighted by Crippen LogP contribution is -2.29. The summed E-state index contributed by atoms with van der Waals surface area (Å²) in [6.45, 7) is 6.45. The Morgan fingerprint density at radius 1 is 1.08 bits per heavy atom. The lowest BCUT2D eigenvalue weighted by Gasteiger charge is -2.26. The number of halogens is 2. The zero-order chi connectivity index (χ0) is 18.9. The summed E-state index contributed by atoms with van der Waals surface area (Å²) in [4.78, 5) is 4.47. The van der Waals surface area contributed by atoms with Crippen LogP contribution >= 0.6 is 0 Å². The van der Waals surface area contributed by atoms with Gasteiger partial charge >= 0.3 is 0 Å². The van der Waals surface area contributed by atoms with Crippen molar-refractivity contribution < 1.29 is 8.78 Å². The molecule has 1 aromatic heterocycles. The summed E-state index contributed by atoms with van der Waals surface area (Å²) in [7, 11) is 0. The number of nitrogens with zero attached hydrogens (tertiary/aromatic N) is 3. The topological polar surface area (TPSA) is 56.7 Å². The van der Waals surface area contributed by atoms with Crippen LogP contribution in [-0.4, -0.2) is 14.8 Å². The summed E-state index contributed by atoms with van der Waals surface area (Å²) in [5.74, 6) is -0.436. The molecule has 0 amide bonds. The van der Waals surface area contributed by atoms with Gasteiger partial charge in [-0.25, -0.2) is 18.4 Å². The number of hydrogen-bond acceptors (Lipinski definition) is 3. The van der Waals surface area contributed by atoms with Gasteiger partial charge in [-0.1, -0.05) is 51.1 Å². The highest BCUT2D eigenvalue weighted by Crippen LogP contribution is 2.31. The Morgan fingerprint density at radius 3 is 2.42 bits per heavy atom. The van der Waals surface area contributed by atoms with Crippen molar-refractivity contribution in [1.29, 1.82) is 0 Å². The van der Waals surface area contributed by atoms with Crippen LogP contribution in [0.3, 0.4) is 0 Å². The van der Waals surface area contributed by atoms with Crippen LogP contribution in [0.15, 0.2) is 48.5 Å². The zero-order valence-corrected chi connectivity index (χ0v) is 15.1. The van der Waals surface area contributed by atoms with Crippen LogP contribution in [0, 0.1) is 17.0 Å². The molecule has 0 aliphatic rings. The van der Waals surface area contributed by atoms with E-state index in [1.54, 1.807) is 4.68 Å². The normalized spacial score (nSPS) is 13.0. The van der Waals surface area contributed by atoms with Crippen molar-refractivity contribution in [2.45, 2.75) is 33.4 Å². The molecule has 3 rings (SSSR count). The van der Waals surface area contributed by atoms with Crippen LogP contribution < -0.4 is 5.73 Å². The molecule has 1 heterocycles. The maximum Gasteiger partial charge on any atom is 0.184 e. The van der Waals surface area contributed by atoms with Crippen molar-refractivity contribution in [2.24, 2.45) is 11.1 Å². The standard InChI is InChI=1S/C20H22F2N4/c1-20(2,3)17(23)19-24-18(15-11-14(21)9-10-16(15)22)25-26(19)12-13-7-5-4-6-8-13/h4-11,17H,12,23H2,1-3H3/t17-/m0/s1. The highest BCUT2D eigenvalue weighted by molar-refractivity contribution is 5.55. The average Bonchev–Trinajstić information content (AvgIpc) is 2.99. The molecule has 4 nitrogen and oxygen atoms in total. The summed E-state index contributed by atoms with van der Waals surface area (Å²) in [6, 6.07) is 12.6. The summed E-state index contributed by atoms with van der Waals surface area (Å²) in [5.41, 5.74) is 7.18. The predicted octanol–water partition coefficient (Wildman–Crippen LogP) is 4.32. The Labute approximate surface area is 151 Å². The second-order valence-electron chi connectivity index (χ2n) is 7.40. The highest BCUT2D eigenvalue weighted by Gasteiger charge is 2.28. The second-order valence-corrected chi connectivity index (χ2v) is 7.40. The van der Waals surface area contributed by atoms with Crippen molar-refractivity contribution in [2.75, 3.05) is 0 Å². The van der Waals surface area contributed by atoms with Gasteiger partial charge in [0.05, 0.1) is 18.2 Å². The molecule has 0 saturated carbocycles. The molecule has 0 saturated heterocycles. The van der Waals surface area contributed by atoms with E-state index in [-0.39, 0.29) is 16.8 Å². The van der Waals surface area contributed by atoms with Crippen molar-refractivity contribution in [1.82, 2.24) is 14.8 Å². The van der Waals surface area contributed by atoms with Crippen LogP contribution in [0.4, 0.5) is 8.78 Å². The first-order chi connectivity index (χ1) is 12.3. The molecular weight excluding hydrogens is 334 g/mol. The van der Waals surface area contributed by atoms with Gasteiger partial charge in [-0.05, 0) is 29.2 Å². The Balaban J connectivity index is 2.09. The molecule has 0 aliphatic heterocycles. The smallest absolute Gasteiger partial charge is 0.184 e. The van der Waals surface area contributed by atoms with Gasteiger partial charge in [0.15, 0.2) is 5.82 Å².